The van der Waals surface area contributed by atoms with Gasteiger partial charge < -0.3 is 9.80 Å². The maximum Gasteiger partial charge on any atom is 0.228 e. The third-order valence-corrected chi connectivity index (χ3v) is 11.0. The Morgan fingerprint density at radius 1 is 0.743 bits per heavy atom. The lowest BCUT2D eigenvalue weighted by Gasteiger charge is -2.57. The second kappa shape index (κ2) is 8.33. The van der Waals surface area contributed by atoms with Crippen molar-refractivity contribution in [2.45, 2.75) is 64.3 Å². The first-order valence-corrected chi connectivity index (χ1v) is 14.4. The van der Waals surface area contributed by atoms with Crippen LogP contribution in [0.2, 0.25) is 0 Å². The van der Waals surface area contributed by atoms with E-state index in [0.717, 1.165) is 102 Å². The number of nitrogens with zero attached hydrogens (tertiary/aromatic N) is 3. The molecule has 0 N–H and O–H groups in total. The zero-order valence-corrected chi connectivity index (χ0v) is 21.2. The van der Waals surface area contributed by atoms with Crippen molar-refractivity contribution in [2.75, 3.05) is 39.3 Å². The molecule has 1 aromatic carbocycles. The Bertz CT molecular complexity index is 939. The number of likely N-dealkylation sites (tertiary alicyclic amines) is 1. The van der Waals surface area contributed by atoms with E-state index < -0.39 is 0 Å². The number of amides is 2. The fourth-order valence-corrected chi connectivity index (χ4v) is 9.30. The van der Waals surface area contributed by atoms with Gasteiger partial charge in [-0.25, -0.2) is 0 Å². The van der Waals surface area contributed by atoms with Crippen LogP contribution in [0.15, 0.2) is 30.3 Å². The average molecular weight is 476 g/mol. The van der Waals surface area contributed by atoms with Crippen molar-refractivity contribution in [1.82, 2.24) is 14.7 Å². The summed E-state index contributed by atoms with van der Waals surface area (Å²) >= 11 is 0. The lowest BCUT2D eigenvalue weighted by molar-refractivity contribution is -0.159. The summed E-state index contributed by atoms with van der Waals surface area (Å²) in [5.74, 6) is 3.55. The molecule has 0 aromatic heterocycles. The van der Waals surface area contributed by atoms with Gasteiger partial charge in [-0.3, -0.25) is 14.5 Å². The molecule has 35 heavy (non-hydrogen) atoms. The van der Waals surface area contributed by atoms with E-state index in [1.54, 1.807) is 0 Å². The summed E-state index contributed by atoms with van der Waals surface area (Å²) in [6.07, 6.45) is 10.8. The molecule has 2 amide bonds. The molecule has 2 aliphatic heterocycles. The van der Waals surface area contributed by atoms with Crippen LogP contribution in [0.4, 0.5) is 0 Å². The zero-order valence-electron chi connectivity index (χ0n) is 21.2. The second-order valence-electron chi connectivity index (χ2n) is 13.2. The Hall–Kier alpha value is -1.88. The molecule has 5 nitrogen and oxygen atoms in total. The van der Waals surface area contributed by atoms with Crippen molar-refractivity contribution in [3.63, 3.8) is 0 Å². The molecule has 188 valence electrons. The van der Waals surface area contributed by atoms with Gasteiger partial charge in [0.05, 0.1) is 5.41 Å². The van der Waals surface area contributed by atoms with Crippen LogP contribution in [0, 0.1) is 34.5 Å². The predicted molar refractivity (Wildman–Crippen MR) is 135 cm³/mol. The molecule has 5 saturated carbocycles. The monoisotopic (exact) mass is 475 g/mol. The van der Waals surface area contributed by atoms with Crippen LogP contribution >= 0.6 is 0 Å². The van der Waals surface area contributed by atoms with Crippen molar-refractivity contribution in [2.24, 2.45) is 34.5 Å². The van der Waals surface area contributed by atoms with E-state index in [2.05, 4.69) is 45.0 Å². The van der Waals surface area contributed by atoms with Gasteiger partial charge in [0.25, 0.3) is 0 Å². The summed E-state index contributed by atoms with van der Waals surface area (Å²) in [6, 6.07) is 10.6. The van der Waals surface area contributed by atoms with Gasteiger partial charge in [-0.05, 0) is 86.5 Å². The van der Waals surface area contributed by atoms with Crippen molar-refractivity contribution in [3.8, 4) is 0 Å². The molecule has 1 atom stereocenters. The number of benzene rings is 1. The normalized spacial score (nSPS) is 37.6. The van der Waals surface area contributed by atoms with Crippen LogP contribution in [0.1, 0.15) is 63.4 Å². The quantitative estimate of drug-likeness (QED) is 0.656. The highest BCUT2D eigenvalue weighted by Crippen LogP contribution is 2.63. The third kappa shape index (κ3) is 3.93. The van der Waals surface area contributed by atoms with E-state index in [4.69, 9.17) is 0 Å². The Morgan fingerprint density at radius 2 is 1.34 bits per heavy atom. The topological polar surface area (TPSA) is 43.9 Å². The van der Waals surface area contributed by atoms with Gasteiger partial charge in [-0.2, -0.15) is 0 Å². The SMILES string of the molecule is O=C([C@H]1CC12CCN(C(=O)C13CC4CC(CC(C4)C1)C3)CC2)N1CCN(Cc2ccccc2)CC1. The number of carbonyl (C=O) groups excluding carboxylic acids is 2. The van der Waals surface area contributed by atoms with E-state index >= 15 is 0 Å². The standard InChI is InChI=1S/C30H41N3O2/c34-27(32-12-10-31(11-13-32)21-22-4-2-1-3-5-22)26-20-29(26)6-8-33(9-7-29)28(35)30-17-23-14-24(18-30)16-25(15-23)19-30/h1-5,23-26H,6-21H2/t23?,24?,25?,26-,30?/m1/s1. The Kier molecular flexibility index (Phi) is 5.31. The molecule has 8 rings (SSSR count). The number of hydrogen-bond acceptors (Lipinski definition) is 3. The van der Waals surface area contributed by atoms with E-state index in [9.17, 15) is 9.59 Å². The molecule has 7 aliphatic rings. The summed E-state index contributed by atoms with van der Waals surface area (Å²) in [5, 5.41) is 0. The fourth-order valence-electron chi connectivity index (χ4n) is 9.30. The largest absolute Gasteiger partial charge is 0.342 e. The molecular formula is C30H41N3O2. The summed E-state index contributed by atoms with van der Waals surface area (Å²) in [6.45, 7) is 6.39. The van der Waals surface area contributed by atoms with Crippen molar-refractivity contribution < 1.29 is 9.59 Å². The van der Waals surface area contributed by atoms with Crippen LogP contribution in [0.25, 0.3) is 0 Å². The van der Waals surface area contributed by atoms with Crippen LogP contribution in [-0.4, -0.2) is 65.8 Å². The minimum atomic E-state index is -0.0164. The van der Waals surface area contributed by atoms with Gasteiger partial charge >= 0.3 is 0 Å². The molecule has 1 aromatic rings. The summed E-state index contributed by atoms with van der Waals surface area (Å²) in [5.41, 5.74) is 1.52. The zero-order chi connectivity index (χ0) is 23.6. The highest BCUT2D eigenvalue weighted by Gasteiger charge is 2.61. The Morgan fingerprint density at radius 3 is 1.94 bits per heavy atom. The lowest BCUT2D eigenvalue weighted by Crippen LogP contribution is -2.56. The van der Waals surface area contributed by atoms with Crippen molar-refractivity contribution in [3.05, 3.63) is 35.9 Å². The maximum absolute atomic E-state index is 13.8. The van der Waals surface area contributed by atoms with Crippen molar-refractivity contribution in [1.29, 1.82) is 0 Å². The number of piperazine rings is 1. The van der Waals surface area contributed by atoms with E-state index in [1.807, 2.05) is 0 Å². The van der Waals surface area contributed by atoms with Crippen LogP contribution in [0.5, 0.6) is 0 Å². The summed E-state index contributed by atoms with van der Waals surface area (Å²) in [4.78, 5) is 33.9. The molecule has 2 saturated heterocycles. The molecule has 7 fully saturated rings. The molecule has 0 radical (unpaired) electrons. The first-order valence-electron chi connectivity index (χ1n) is 14.4. The molecule has 4 bridgehead atoms. The fraction of sp³-hybridized carbons (Fsp3) is 0.733. The average Bonchev–Trinajstić information content (AvgIpc) is 3.57. The highest BCUT2D eigenvalue weighted by molar-refractivity contribution is 5.84. The number of piperidine rings is 1. The number of hydrogen-bond donors (Lipinski definition) is 0. The molecule has 5 heteroatoms. The minimum Gasteiger partial charge on any atom is -0.342 e. The van der Waals surface area contributed by atoms with Gasteiger partial charge in [0.2, 0.25) is 11.8 Å². The molecule has 1 spiro atoms. The van der Waals surface area contributed by atoms with Gasteiger partial charge in [0.15, 0.2) is 0 Å². The van der Waals surface area contributed by atoms with Crippen LogP contribution in [-0.2, 0) is 16.1 Å². The van der Waals surface area contributed by atoms with Gasteiger partial charge in [-0.15, -0.1) is 0 Å². The molecule has 5 aliphatic carbocycles. The van der Waals surface area contributed by atoms with E-state index in [1.165, 1.54) is 24.8 Å². The maximum atomic E-state index is 13.8. The number of rotatable bonds is 4. The van der Waals surface area contributed by atoms with Crippen LogP contribution < -0.4 is 0 Å². The van der Waals surface area contributed by atoms with Gasteiger partial charge in [0, 0.05) is 51.7 Å². The minimum absolute atomic E-state index is 0.0164. The molecule has 2 heterocycles. The number of carbonyl (C=O) groups is 2. The first-order chi connectivity index (χ1) is 17.0. The predicted octanol–water partition coefficient (Wildman–Crippen LogP) is 4.18. The second-order valence-corrected chi connectivity index (χ2v) is 13.2. The Balaban J connectivity index is 0.913. The smallest absolute Gasteiger partial charge is 0.228 e. The molecule has 0 unspecified atom stereocenters. The van der Waals surface area contributed by atoms with E-state index in [0.29, 0.717) is 11.8 Å². The summed E-state index contributed by atoms with van der Waals surface area (Å²) in [7, 11) is 0. The van der Waals surface area contributed by atoms with Gasteiger partial charge in [0.1, 0.15) is 0 Å². The highest BCUT2D eigenvalue weighted by atomic mass is 16.2. The Labute approximate surface area is 210 Å². The van der Waals surface area contributed by atoms with Gasteiger partial charge in [-0.1, -0.05) is 30.3 Å². The van der Waals surface area contributed by atoms with E-state index in [-0.39, 0.29) is 16.7 Å². The summed E-state index contributed by atoms with van der Waals surface area (Å²) < 4.78 is 0. The third-order valence-electron chi connectivity index (χ3n) is 11.0. The first kappa shape index (κ1) is 22.3. The molecular weight excluding hydrogens is 434 g/mol. The lowest BCUT2D eigenvalue weighted by atomic mass is 9.49. The van der Waals surface area contributed by atoms with Crippen molar-refractivity contribution >= 4 is 11.8 Å². The van der Waals surface area contributed by atoms with Crippen LogP contribution in [0.3, 0.4) is 0 Å².